The second kappa shape index (κ2) is 4.31. The van der Waals surface area contributed by atoms with E-state index in [1.807, 2.05) is 0 Å². The third-order valence-corrected chi connectivity index (χ3v) is 3.44. The van der Waals surface area contributed by atoms with E-state index >= 15 is 0 Å². The Hall–Kier alpha value is -0.900. The van der Waals surface area contributed by atoms with Crippen LogP contribution in [-0.2, 0) is 0 Å². The van der Waals surface area contributed by atoms with Gasteiger partial charge in [-0.15, -0.1) is 11.3 Å². The van der Waals surface area contributed by atoms with Gasteiger partial charge in [0.05, 0.1) is 14.9 Å². The summed E-state index contributed by atoms with van der Waals surface area (Å²) in [5.41, 5.74) is 0.239. The molecular formula is C10H5Cl2NOS. The van der Waals surface area contributed by atoms with Crippen LogP contribution in [0.4, 0.5) is 0 Å². The predicted molar refractivity (Wildman–Crippen MR) is 62.0 cm³/mol. The molecule has 0 aromatic carbocycles. The summed E-state index contributed by atoms with van der Waals surface area (Å²) in [6.45, 7) is 0. The van der Waals surface area contributed by atoms with Crippen LogP contribution in [0, 0.1) is 0 Å². The molecule has 0 bridgehead atoms. The summed E-state index contributed by atoms with van der Waals surface area (Å²) in [7, 11) is 0. The fourth-order valence-electron chi connectivity index (χ4n) is 1.12. The summed E-state index contributed by atoms with van der Waals surface area (Å²) in [6.07, 6.45) is 1.53. The van der Waals surface area contributed by atoms with Gasteiger partial charge in [-0.1, -0.05) is 23.2 Å². The fraction of sp³-hybridized carbons (Fsp3) is 0. The first-order valence-corrected chi connectivity index (χ1v) is 5.72. The highest BCUT2D eigenvalue weighted by Gasteiger charge is 2.17. The van der Waals surface area contributed by atoms with Gasteiger partial charge >= 0.3 is 0 Å². The van der Waals surface area contributed by atoms with Crippen molar-refractivity contribution in [3.8, 4) is 0 Å². The molecule has 0 aliphatic rings. The molecule has 0 saturated heterocycles. The van der Waals surface area contributed by atoms with Crippen LogP contribution >= 0.6 is 34.5 Å². The van der Waals surface area contributed by atoms with Gasteiger partial charge in [0.15, 0.2) is 0 Å². The third kappa shape index (κ3) is 2.04. The van der Waals surface area contributed by atoms with Crippen molar-refractivity contribution in [2.45, 2.75) is 0 Å². The molecule has 0 aliphatic heterocycles. The summed E-state index contributed by atoms with van der Waals surface area (Å²) >= 11 is 13.0. The minimum Gasteiger partial charge on any atom is -0.286 e. The van der Waals surface area contributed by atoms with Crippen LogP contribution < -0.4 is 0 Å². The second-order valence-electron chi connectivity index (χ2n) is 2.76. The number of hydrogen-bond donors (Lipinski definition) is 0. The molecule has 0 saturated carbocycles. The normalized spacial score (nSPS) is 10.3. The Morgan fingerprint density at radius 1 is 1.27 bits per heavy atom. The van der Waals surface area contributed by atoms with Crippen LogP contribution in [0.15, 0.2) is 29.8 Å². The molecule has 0 unspecified atom stereocenters. The van der Waals surface area contributed by atoms with Crippen LogP contribution in [0.5, 0.6) is 0 Å². The summed E-state index contributed by atoms with van der Waals surface area (Å²) in [6, 6.07) is 4.98. The first-order valence-electron chi connectivity index (χ1n) is 4.08. The average molecular weight is 258 g/mol. The number of aromatic nitrogens is 1. The molecule has 0 N–H and O–H groups in total. The maximum absolute atomic E-state index is 11.9. The largest absolute Gasteiger partial charge is 0.286 e. The number of carbonyl (C=O) groups excluding carboxylic acids is 1. The molecule has 76 valence electrons. The van der Waals surface area contributed by atoms with E-state index in [9.17, 15) is 4.79 Å². The van der Waals surface area contributed by atoms with E-state index in [0.29, 0.717) is 14.9 Å². The standard InChI is InChI=1S/C10H5Cl2NOS/c11-6-2-1-4-13-8(6)9(14)10-7(12)3-5-15-10/h1-5H. The van der Waals surface area contributed by atoms with E-state index in [0.717, 1.165) is 0 Å². The summed E-state index contributed by atoms with van der Waals surface area (Å²) in [5, 5.41) is 2.53. The van der Waals surface area contributed by atoms with Crippen LogP contribution in [0.25, 0.3) is 0 Å². The maximum Gasteiger partial charge on any atom is 0.224 e. The third-order valence-electron chi connectivity index (χ3n) is 1.80. The van der Waals surface area contributed by atoms with E-state index in [1.54, 1.807) is 23.6 Å². The molecule has 2 heterocycles. The topological polar surface area (TPSA) is 30.0 Å². The molecule has 0 atom stereocenters. The number of thiophene rings is 1. The van der Waals surface area contributed by atoms with Gasteiger partial charge in [-0.25, -0.2) is 0 Å². The average Bonchev–Trinajstić information content (AvgIpc) is 2.64. The lowest BCUT2D eigenvalue weighted by atomic mass is 10.2. The number of halogens is 2. The molecule has 0 amide bonds. The summed E-state index contributed by atoms with van der Waals surface area (Å²) in [5.74, 6) is -0.236. The molecule has 2 rings (SSSR count). The zero-order chi connectivity index (χ0) is 10.8. The van der Waals surface area contributed by atoms with Crippen molar-refractivity contribution >= 4 is 40.3 Å². The number of ketones is 1. The minimum atomic E-state index is -0.236. The fourth-order valence-corrected chi connectivity index (χ4v) is 2.41. The van der Waals surface area contributed by atoms with E-state index < -0.39 is 0 Å². The lowest BCUT2D eigenvalue weighted by Gasteiger charge is -1.99. The number of rotatable bonds is 2. The maximum atomic E-state index is 11.9. The van der Waals surface area contributed by atoms with Crippen molar-refractivity contribution in [1.29, 1.82) is 0 Å². The van der Waals surface area contributed by atoms with Crippen molar-refractivity contribution < 1.29 is 4.79 Å². The van der Waals surface area contributed by atoms with Crippen molar-refractivity contribution in [3.63, 3.8) is 0 Å². The lowest BCUT2D eigenvalue weighted by molar-refractivity contribution is 0.103. The molecular weight excluding hydrogens is 253 g/mol. The predicted octanol–water partition coefficient (Wildman–Crippen LogP) is 3.68. The highest BCUT2D eigenvalue weighted by atomic mass is 35.5. The number of pyridine rings is 1. The highest BCUT2D eigenvalue weighted by Crippen LogP contribution is 2.26. The van der Waals surface area contributed by atoms with Crippen molar-refractivity contribution in [1.82, 2.24) is 4.98 Å². The van der Waals surface area contributed by atoms with Crippen LogP contribution in [0.3, 0.4) is 0 Å². The van der Waals surface area contributed by atoms with Crippen LogP contribution in [0.2, 0.25) is 10.0 Å². The van der Waals surface area contributed by atoms with Gasteiger partial charge in [-0.05, 0) is 23.6 Å². The molecule has 2 nitrogen and oxygen atoms in total. The van der Waals surface area contributed by atoms with Gasteiger partial charge in [0.1, 0.15) is 5.69 Å². The number of nitrogens with zero attached hydrogens (tertiary/aromatic N) is 1. The Bertz CT molecular complexity index is 510. The van der Waals surface area contributed by atoms with Gasteiger partial charge in [-0.2, -0.15) is 0 Å². The van der Waals surface area contributed by atoms with Crippen molar-refractivity contribution in [2.24, 2.45) is 0 Å². The van der Waals surface area contributed by atoms with Gasteiger partial charge in [0.25, 0.3) is 0 Å². The first-order chi connectivity index (χ1) is 7.20. The molecule has 15 heavy (non-hydrogen) atoms. The molecule has 2 aromatic rings. The molecule has 0 radical (unpaired) electrons. The number of carbonyl (C=O) groups is 1. The minimum absolute atomic E-state index is 0.236. The first kappa shape index (κ1) is 10.6. The van der Waals surface area contributed by atoms with E-state index in [2.05, 4.69) is 4.98 Å². The zero-order valence-electron chi connectivity index (χ0n) is 7.41. The quantitative estimate of drug-likeness (QED) is 0.769. The Kier molecular flexibility index (Phi) is 3.05. The Morgan fingerprint density at radius 3 is 2.67 bits per heavy atom. The smallest absolute Gasteiger partial charge is 0.224 e. The van der Waals surface area contributed by atoms with Gasteiger partial charge in [0, 0.05) is 6.20 Å². The Labute approximate surface area is 100 Å². The van der Waals surface area contributed by atoms with Crippen molar-refractivity contribution in [3.05, 3.63) is 50.4 Å². The van der Waals surface area contributed by atoms with Gasteiger partial charge in [0.2, 0.25) is 5.78 Å². The lowest BCUT2D eigenvalue weighted by Crippen LogP contribution is -2.02. The zero-order valence-corrected chi connectivity index (χ0v) is 9.73. The molecule has 0 aliphatic carbocycles. The van der Waals surface area contributed by atoms with E-state index in [1.165, 1.54) is 17.5 Å². The molecule has 2 aromatic heterocycles. The molecule has 0 spiro atoms. The van der Waals surface area contributed by atoms with Crippen LogP contribution in [0.1, 0.15) is 15.4 Å². The van der Waals surface area contributed by atoms with Gasteiger partial charge in [-0.3, -0.25) is 9.78 Å². The van der Waals surface area contributed by atoms with Gasteiger partial charge < -0.3 is 0 Å². The van der Waals surface area contributed by atoms with E-state index in [4.69, 9.17) is 23.2 Å². The monoisotopic (exact) mass is 257 g/mol. The number of hydrogen-bond acceptors (Lipinski definition) is 3. The second-order valence-corrected chi connectivity index (χ2v) is 4.49. The Balaban J connectivity index is 2.46. The SMILES string of the molecule is O=C(c1ncccc1Cl)c1sccc1Cl. The van der Waals surface area contributed by atoms with Crippen LogP contribution in [-0.4, -0.2) is 10.8 Å². The summed E-state index contributed by atoms with van der Waals surface area (Å²) in [4.78, 5) is 16.3. The van der Waals surface area contributed by atoms with Crippen molar-refractivity contribution in [2.75, 3.05) is 0 Å². The Morgan fingerprint density at radius 2 is 2.07 bits per heavy atom. The molecule has 5 heteroatoms. The van der Waals surface area contributed by atoms with E-state index in [-0.39, 0.29) is 11.5 Å². The molecule has 0 fully saturated rings. The highest BCUT2D eigenvalue weighted by molar-refractivity contribution is 7.13. The summed E-state index contributed by atoms with van der Waals surface area (Å²) < 4.78 is 0.